The normalized spacial score (nSPS) is 19.6. The highest BCUT2D eigenvalue weighted by molar-refractivity contribution is 7.89. The van der Waals surface area contributed by atoms with Crippen molar-refractivity contribution < 1.29 is 13.2 Å². The molecule has 200 valence electrons. The third-order valence-corrected chi connectivity index (χ3v) is 9.92. The first-order valence-corrected chi connectivity index (χ1v) is 15.0. The van der Waals surface area contributed by atoms with Crippen molar-refractivity contribution in [1.29, 1.82) is 0 Å². The third-order valence-electron chi connectivity index (χ3n) is 7.92. The molecule has 0 saturated carbocycles. The highest BCUT2D eigenvalue weighted by Gasteiger charge is 2.37. The summed E-state index contributed by atoms with van der Waals surface area (Å²) in [5, 5.41) is 0. The molecule has 2 aliphatic rings. The number of carbonyl (C=O) groups is 1. The van der Waals surface area contributed by atoms with Gasteiger partial charge in [-0.15, -0.1) is 0 Å². The van der Waals surface area contributed by atoms with E-state index in [2.05, 4.69) is 53.4 Å². The van der Waals surface area contributed by atoms with Crippen LogP contribution in [0.4, 0.5) is 0 Å². The van der Waals surface area contributed by atoms with Crippen LogP contribution in [0.3, 0.4) is 0 Å². The average molecular weight is 532 g/mol. The second kappa shape index (κ2) is 11.4. The summed E-state index contributed by atoms with van der Waals surface area (Å²) in [6, 6.07) is 26.7. The summed E-state index contributed by atoms with van der Waals surface area (Å²) in [6.07, 6.45) is 1.43. The van der Waals surface area contributed by atoms with Gasteiger partial charge in [-0.1, -0.05) is 72.8 Å². The maximum Gasteiger partial charge on any atom is 0.243 e. The van der Waals surface area contributed by atoms with Crippen LogP contribution in [0.15, 0.2) is 83.8 Å². The number of piperidine rings is 1. The van der Waals surface area contributed by atoms with Gasteiger partial charge in [0.1, 0.15) is 0 Å². The van der Waals surface area contributed by atoms with Gasteiger partial charge >= 0.3 is 0 Å². The molecule has 2 saturated heterocycles. The largest absolute Gasteiger partial charge is 0.340 e. The molecule has 2 aliphatic heterocycles. The van der Waals surface area contributed by atoms with E-state index in [-0.39, 0.29) is 24.4 Å². The number of benzene rings is 3. The Morgan fingerprint density at radius 3 is 2.03 bits per heavy atom. The van der Waals surface area contributed by atoms with E-state index in [1.165, 1.54) is 15.4 Å². The van der Waals surface area contributed by atoms with Crippen molar-refractivity contribution in [2.45, 2.75) is 37.6 Å². The molecular formula is C31H37N3O3S. The molecule has 0 bridgehead atoms. The smallest absolute Gasteiger partial charge is 0.243 e. The van der Waals surface area contributed by atoms with Crippen molar-refractivity contribution in [2.75, 3.05) is 39.3 Å². The lowest BCUT2D eigenvalue weighted by Crippen LogP contribution is -2.53. The van der Waals surface area contributed by atoms with Gasteiger partial charge in [-0.05, 0) is 55.0 Å². The number of carbonyl (C=O) groups excluding carboxylic acids is 1. The van der Waals surface area contributed by atoms with E-state index in [1.807, 2.05) is 43.0 Å². The number of rotatable bonds is 6. The average Bonchev–Trinajstić information content (AvgIpc) is 2.96. The zero-order valence-corrected chi connectivity index (χ0v) is 23.1. The predicted octanol–water partition coefficient (Wildman–Crippen LogP) is 4.64. The van der Waals surface area contributed by atoms with Crippen LogP contribution in [0.2, 0.25) is 0 Å². The molecule has 38 heavy (non-hydrogen) atoms. The Labute approximate surface area is 226 Å². The van der Waals surface area contributed by atoms with Gasteiger partial charge in [0.2, 0.25) is 15.9 Å². The number of amides is 1. The Morgan fingerprint density at radius 2 is 1.42 bits per heavy atom. The van der Waals surface area contributed by atoms with Crippen LogP contribution in [-0.4, -0.2) is 67.7 Å². The number of hydrogen-bond donors (Lipinski definition) is 0. The Kier molecular flexibility index (Phi) is 7.98. The molecule has 3 aromatic rings. The lowest BCUT2D eigenvalue weighted by Gasteiger charge is -2.41. The summed E-state index contributed by atoms with van der Waals surface area (Å²) in [5.41, 5.74) is 4.16. The van der Waals surface area contributed by atoms with E-state index in [9.17, 15) is 13.2 Å². The summed E-state index contributed by atoms with van der Waals surface area (Å²) < 4.78 is 28.5. The Bertz CT molecular complexity index is 1310. The van der Waals surface area contributed by atoms with Crippen molar-refractivity contribution >= 4 is 15.9 Å². The number of aryl methyl sites for hydroxylation is 2. The third kappa shape index (κ3) is 5.55. The van der Waals surface area contributed by atoms with Gasteiger partial charge in [-0.3, -0.25) is 9.69 Å². The minimum absolute atomic E-state index is 0.0847. The van der Waals surface area contributed by atoms with Crippen LogP contribution in [0.5, 0.6) is 0 Å². The molecule has 2 fully saturated rings. The molecule has 3 aromatic carbocycles. The van der Waals surface area contributed by atoms with Crippen molar-refractivity contribution in [3.63, 3.8) is 0 Å². The van der Waals surface area contributed by atoms with Gasteiger partial charge in [-0.2, -0.15) is 4.31 Å². The van der Waals surface area contributed by atoms with Crippen molar-refractivity contribution in [2.24, 2.45) is 5.92 Å². The van der Waals surface area contributed by atoms with Crippen LogP contribution in [0, 0.1) is 19.8 Å². The highest BCUT2D eigenvalue weighted by atomic mass is 32.2. The number of piperazine rings is 1. The lowest BCUT2D eigenvalue weighted by molar-refractivity contribution is -0.138. The number of nitrogens with zero attached hydrogens (tertiary/aromatic N) is 3. The predicted molar refractivity (Wildman–Crippen MR) is 150 cm³/mol. The first kappa shape index (κ1) is 26.6. The van der Waals surface area contributed by atoms with Gasteiger partial charge in [0, 0.05) is 39.3 Å². The molecular weight excluding hydrogens is 494 g/mol. The van der Waals surface area contributed by atoms with E-state index in [1.54, 1.807) is 6.07 Å². The first-order valence-electron chi connectivity index (χ1n) is 13.5. The van der Waals surface area contributed by atoms with E-state index in [0.717, 1.165) is 30.6 Å². The molecule has 0 spiro atoms. The van der Waals surface area contributed by atoms with Crippen molar-refractivity contribution in [3.8, 4) is 0 Å². The monoisotopic (exact) mass is 531 g/mol. The van der Waals surface area contributed by atoms with Crippen molar-refractivity contribution in [1.82, 2.24) is 14.1 Å². The molecule has 0 radical (unpaired) electrons. The molecule has 1 amide bonds. The minimum atomic E-state index is -3.64. The zero-order chi connectivity index (χ0) is 26.7. The first-order chi connectivity index (χ1) is 18.3. The summed E-state index contributed by atoms with van der Waals surface area (Å²) in [6.45, 7) is 7.30. The molecule has 0 unspecified atom stereocenters. The summed E-state index contributed by atoms with van der Waals surface area (Å²) >= 11 is 0. The molecule has 0 aliphatic carbocycles. The SMILES string of the molecule is Cc1ccc(C)c(S(=O)(=O)N2CCC[C@@H](C(=O)N3CCN(C(c4ccccc4)c4ccccc4)CC3)C2)c1. The summed E-state index contributed by atoms with van der Waals surface area (Å²) in [7, 11) is -3.64. The van der Waals surface area contributed by atoms with E-state index in [4.69, 9.17) is 0 Å². The van der Waals surface area contributed by atoms with Gasteiger partial charge in [0.15, 0.2) is 0 Å². The zero-order valence-electron chi connectivity index (χ0n) is 22.3. The minimum Gasteiger partial charge on any atom is -0.340 e. The van der Waals surface area contributed by atoms with Crippen LogP contribution in [0.1, 0.15) is 41.1 Å². The Hall–Kier alpha value is -3.00. The fourth-order valence-corrected chi connectivity index (χ4v) is 7.66. The molecule has 2 heterocycles. The second-order valence-electron chi connectivity index (χ2n) is 10.6. The van der Waals surface area contributed by atoms with Crippen molar-refractivity contribution in [3.05, 3.63) is 101 Å². The maximum absolute atomic E-state index is 13.6. The standard InChI is InChI=1S/C31H37N3O3S/c1-24-15-16-25(2)29(22-24)38(36,37)34-17-9-14-28(23-34)31(35)33-20-18-32(19-21-33)30(26-10-5-3-6-11-26)27-12-7-4-8-13-27/h3-8,10-13,15-16,22,28,30H,9,14,17-21,23H2,1-2H3/t28-/m1/s1. The summed E-state index contributed by atoms with van der Waals surface area (Å²) in [4.78, 5) is 18.3. The molecule has 6 nitrogen and oxygen atoms in total. The van der Waals surface area contributed by atoms with Gasteiger partial charge in [0.05, 0.1) is 16.9 Å². The van der Waals surface area contributed by atoms with Crippen LogP contribution < -0.4 is 0 Å². The lowest BCUT2D eigenvalue weighted by atomic mass is 9.95. The fourth-order valence-electron chi connectivity index (χ4n) is 5.83. The van der Waals surface area contributed by atoms with E-state index < -0.39 is 10.0 Å². The molecule has 5 rings (SSSR count). The maximum atomic E-state index is 13.6. The topological polar surface area (TPSA) is 60.9 Å². The number of sulfonamides is 1. The fraction of sp³-hybridized carbons (Fsp3) is 0.387. The molecule has 0 N–H and O–H groups in total. The number of hydrogen-bond acceptors (Lipinski definition) is 4. The summed E-state index contributed by atoms with van der Waals surface area (Å²) in [5.74, 6) is -0.212. The van der Waals surface area contributed by atoms with Gasteiger partial charge in [0.25, 0.3) is 0 Å². The quantitative estimate of drug-likeness (QED) is 0.465. The van der Waals surface area contributed by atoms with E-state index >= 15 is 0 Å². The van der Waals surface area contributed by atoms with Crippen LogP contribution in [-0.2, 0) is 14.8 Å². The molecule has 7 heteroatoms. The Morgan fingerprint density at radius 1 is 0.816 bits per heavy atom. The molecule has 0 aromatic heterocycles. The van der Waals surface area contributed by atoms with Gasteiger partial charge < -0.3 is 4.90 Å². The van der Waals surface area contributed by atoms with Gasteiger partial charge in [-0.25, -0.2) is 8.42 Å². The highest BCUT2D eigenvalue weighted by Crippen LogP contribution is 2.31. The second-order valence-corrected chi connectivity index (χ2v) is 12.5. The molecule has 1 atom stereocenters. The van der Waals surface area contributed by atoms with Crippen LogP contribution in [0.25, 0.3) is 0 Å². The van der Waals surface area contributed by atoms with E-state index in [0.29, 0.717) is 31.0 Å². The van der Waals surface area contributed by atoms with Crippen LogP contribution >= 0.6 is 0 Å². The Balaban J connectivity index is 1.26.